The van der Waals surface area contributed by atoms with Crippen LogP contribution in [0, 0.1) is 11.3 Å². The highest BCUT2D eigenvalue weighted by atomic mass is 32.2. The zero-order valence-electron chi connectivity index (χ0n) is 10.1. The Morgan fingerprint density at radius 3 is 3.05 bits per heavy atom. The van der Waals surface area contributed by atoms with E-state index in [0.717, 1.165) is 17.3 Å². The maximum Gasteiger partial charge on any atom is 0.243 e. The standard InChI is InChI=1S/C11H13N3O2S3/c12-6-10-11(2-1-3-13-10)19(15,16)14-7-9-8-17-4-5-18-9/h1-3,9,14H,4-5,7-8H2. The average Bonchev–Trinajstić information content (AvgIpc) is 2.46. The zero-order valence-corrected chi connectivity index (χ0v) is 12.5. The van der Waals surface area contributed by atoms with Gasteiger partial charge in [0, 0.05) is 35.3 Å². The van der Waals surface area contributed by atoms with Gasteiger partial charge in [0.05, 0.1) is 0 Å². The van der Waals surface area contributed by atoms with Crippen molar-refractivity contribution in [2.24, 2.45) is 0 Å². The first-order valence-corrected chi connectivity index (χ1v) is 9.36. The van der Waals surface area contributed by atoms with E-state index in [4.69, 9.17) is 5.26 Å². The van der Waals surface area contributed by atoms with E-state index in [9.17, 15) is 8.42 Å². The van der Waals surface area contributed by atoms with Crippen LogP contribution in [-0.2, 0) is 10.0 Å². The third kappa shape index (κ3) is 3.86. The van der Waals surface area contributed by atoms with Crippen LogP contribution < -0.4 is 4.72 Å². The fourth-order valence-electron chi connectivity index (χ4n) is 1.63. The highest BCUT2D eigenvalue weighted by Crippen LogP contribution is 2.23. The van der Waals surface area contributed by atoms with Crippen LogP contribution in [0.15, 0.2) is 23.2 Å². The SMILES string of the molecule is N#Cc1ncccc1S(=O)(=O)NCC1CSCCS1. The first-order chi connectivity index (χ1) is 9.13. The van der Waals surface area contributed by atoms with Gasteiger partial charge in [-0.3, -0.25) is 0 Å². The quantitative estimate of drug-likeness (QED) is 0.895. The fourth-order valence-corrected chi connectivity index (χ4v) is 5.53. The number of nitriles is 1. The Labute approximate surface area is 121 Å². The molecule has 5 nitrogen and oxygen atoms in total. The smallest absolute Gasteiger partial charge is 0.243 e. The summed E-state index contributed by atoms with van der Waals surface area (Å²) in [6.07, 6.45) is 1.41. The molecule has 1 N–H and O–H groups in total. The Bertz CT molecular complexity index is 577. The van der Waals surface area contributed by atoms with Crippen molar-refractivity contribution in [1.82, 2.24) is 9.71 Å². The first kappa shape index (κ1) is 14.7. The van der Waals surface area contributed by atoms with Crippen LogP contribution in [0.3, 0.4) is 0 Å². The van der Waals surface area contributed by atoms with Crippen LogP contribution in [0.2, 0.25) is 0 Å². The van der Waals surface area contributed by atoms with Gasteiger partial charge in [0.2, 0.25) is 10.0 Å². The molecule has 1 unspecified atom stereocenters. The first-order valence-electron chi connectivity index (χ1n) is 5.67. The molecular weight excluding hydrogens is 302 g/mol. The van der Waals surface area contributed by atoms with E-state index in [-0.39, 0.29) is 15.8 Å². The van der Waals surface area contributed by atoms with Gasteiger partial charge in [0.1, 0.15) is 11.0 Å². The molecular formula is C11H13N3O2S3. The summed E-state index contributed by atoms with van der Waals surface area (Å²) < 4.78 is 26.8. The molecule has 8 heteroatoms. The number of nitrogens with one attached hydrogen (secondary N) is 1. The monoisotopic (exact) mass is 315 g/mol. The lowest BCUT2D eigenvalue weighted by Gasteiger charge is -2.21. The van der Waals surface area contributed by atoms with Gasteiger partial charge >= 0.3 is 0 Å². The Balaban J connectivity index is 2.07. The second-order valence-electron chi connectivity index (χ2n) is 3.88. The lowest BCUT2D eigenvalue weighted by molar-refractivity contribution is 0.581. The molecule has 0 amide bonds. The van der Waals surface area contributed by atoms with E-state index in [1.54, 1.807) is 17.8 Å². The molecule has 1 saturated heterocycles. The van der Waals surface area contributed by atoms with Gasteiger partial charge in [-0.25, -0.2) is 18.1 Å². The van der Waals surface area contributed by atoms with E-state index < -0.39 is 10.0 Å². The van der Waals surface area contributed by atoms with Crippen LogP contribution in [0.1, 0.15) is 5.69 Å². The number of hydrogen-bond donors (Lipinski definition) is 1. The largest absolute Gasteiger partial charge is 0.244 e. The Hall–Kier alpha value is -0.750. The minimum Gasteiger partial charge on any atom is -0.244 e. The van der Waals surface area contributed by atoms with Gasteiger partial charge in [0.15, 0.2) is 5.69 Å². The fraction of sp³-hybridized carbons (Fsp3) is 0.455. The molecule has 1 aromatic rings. The van der Waals surface area contributed by atoms with Crippen molar-refractivity contribution in [3.05, 3.63) is 24.0 Å². The van der Waals surface area contributed by atoms with E-state index in [1.807, 2.05) is 11.8 Å². The van der Waals surface area contributed by atoms with Crippen molar-refractivity contribution < 1.29 is 8.42 Å². The number of aromatic nitrogens is 1. The zero-order chi connectivity index (χ0) is 13.7. The molecule has 1 fully saturated rings. The molecule has 0 saturated carbocycles. The highest BCUT2D eigenvalue weighted by molar-refractivity contribution is 8.06. The lowest BCUT2D eigenvalue weighted by Crippen LogP contribution is -2.33. The lowest BCUT2D eigenvalue weighted by atomic mass is 10.4. The van der Waals surface area contributed by atoms with E-state index >= 15 is 0 Å². The summed E-state index contributed by atoms with van der Waals surface area (Å²) in [6.45, 7) is 0.389. The molecule has 1 aromatic heterocycles. The van der Waals surface area contributed by atoms with Crippen molar-refractivity contribution >= 4 is 33.5 Å². The Morgan fingerprint density at radius 1 is 1.53 bits per heavy atom. The van der Waals surface area contributed by atoms with Crippen molar-refractivity contribution in [2.75, 3.05) is 23.8 Å². The summed E-state index contributed by atoms with van der Waals surface area (Å²) in [4.78, 5) is 3.72. The molecule has 1 aliphatic rings. The predicted octanol–water partition coefficient (Wildman–Crippen LogP) is 1.08. The van der Waals surface area contributed by atoms with E-state index in [0.29, 0.717) is 6.54 Å². The predicted molar refractivity (Wildman–Crippen MR) is 77.7 cm³/mol. The van der Waals surface area contributed by atoms with Crippen molar-refractivity contribution in [2.45, 2.75) is 10.1 Å². The Kier molecular flexibility index (Phi) is 5.10. The Morgan fingerprint density at radius 2 is 2.37 bits per heavy atom. The van der Waals surface area contributed by atoms with Gasteiger partial charge in [0.25, 0.3) is 0 Å². The summed E-state index contributed by atoms with van der Waals surface area (Å²) >= 11 is 3.62. The molecule has 0 radical (unpaired) electrons. The molecule has 0 bridgehead atoms. The molecule has 0 aliphatic carbocycles. The topological polar surface area (TPSA) is 82.8 Å². The average molecular weight is 315 g/mol. The van der Waals surface area contributed by atoms with Gasteiger partial charge in [-0.05, 0) is 12.1 Å². The maximum absolute atomic E-state index is 12.1. The molecule has 2 heterocycles. The van der Waals surface area contributed by atoms with Crippen LogP contribution in [0.25, 0.3) is 0 Å². The molecule has 0 aromatic carbocycles. The number of hydrogen-bond acceptors (Lipinski definition) is 6. The summed E-state index contributed by atoms with van der Waals surface area (Å²) in [7, 11) is -3.66. The number of rotatable bonds is 4. The van der Waals surface area contributed by atoms with Gasteiger partial charge in [-0.15, -0.1) is 0 Å². The van der Waals surface area contributed by atoms with Crippen molar-refractivity contribution in [3.63, 3.8) is 0 Å². The van der Waals surface area contributed by atoms with Crippen LogP contribution in [0.4, 0.5) is 0 Å². The van der Waals surface area contributed by atoms with E-state index in [1.165, 1.54) is 18.3 Å². The molecule has 1 aliphatic heterocycles. The van der Waals surface area contributed by atoms with Crippen LogP contribution in [-0.4, -0.2) is 42.5 Å². The van der Waals surface area contributed by atoms with Crippen molar-refractivity contribution in [1.29, 1.82) is 5.26 Å². The second kappa shape index (κ2) is 6.61. The normalized spacial score (nSPS) is 19.8. The summed E-state index contributed by atoms with van der Waals surface area (Å²) in [5.41, 5.74) is -0.0688. The third-order valence-corrected chi connectivity index (χ3v) is 6.85. The summed E-state index contributed by atoms with van der Waals surface area (Å²) in [5, 5.41) is 9.17. The molecule has 1 atom stereocenters. The van der Waals surface area contributed by atoms with Crippen molar-refractivity contribution in [3.8, 4) is 6.07 Å². The highest BCUT2D eigenvalue weighted by Gasteiger charge is 2.22. The number of thioether (sulfide) groups is 2. The van der Waals surface area contributed by atoms with Gasteiger partial charge in [-0.1, -0.05) is 0 Å². The van der Waals surface area contributed by atoms with Gasteiger partial charge < -0.3 is 0 Å². The molecule has 102 valence electrons. The summed E-state index contributed by atoms with van der Waals surface area (Å²) in [5.74, 6) is 3.12. The third-order valence-electron chi connectivity index (χ3n) is 2.55. The van der Waals surface area contributed by atoms with Gasteiger partial charge in [-0.2, -0.15) is 28.8 Å². The number of sulfonamides is 1. The number of nitrogens with zero attached hydrogens (tertiary/aromatic N) is 2. The van der Waals surface area contributed by atoms with Crippen LogP contribution >= 0.6 is 23.5 Å². The maximum atomic E-state index is 12.1. The molecule has 19 heavy (non-hydrogen) atoms. The second-order valence-corrected chi connectivity index (χ2v) is 8.18. The molecule has 2 rings (SSSR count). The number of pyridine rings is 1. The van der Waals surface area contributed by atoms with Crippen LogP contribution in [0.5, 0.6) is 0 Å². The minimum absolute atomic E-state index is 0.0500. The summed E-state index contributed by atoms with van der Waals surface area (Å²) in [6, 6.07) is 4.71. The van der Waals surface area contributed by atoms with E-state index in [2.05, 4.69) is 9.71 Å². The minimum atomic E-state index is -3.66. The molecule has 0 spiro atoms.